The van der Waals surface area contributed by atoms with Crippen LogP contribution in [0.2, 0.25) is 0 Å². The second-order valence-corrected chi connectivity index (χ2v) is 1.63. The third-order valence-electron chi connectivity index (χ3n) is 0.961. The minimum Gasteiger partial charge on any atom is -0.267 e. The van der Waals surface area contributed by atoms with E-state index in [1.807, 2.05) is 0 Å². The Hall–Kier alpha value is -1.05. The first kappa shape index (κ1) is 5.09. The van der Waals surface area contributed by atoms with Crippen LogP contribution in [0.4, 0.5) is 0 Å². The van der Waals surface area contributed by atoms with Gasteiger partial charge in [-0.15, -0.1) is 0 Å². The van der Waals surface area contributed by atoms with Crippen molar-refractivity contribution < 1.29 is 4.79 Å². The molecule has 0 aromatic heterocycles. The summed E-state index contributed by atoms with van der Waals surface area (Å²) in [6, 6.07) is 0. The van der Waals surface area contributed by atoms with Crippen LogP contribution >= 0.6 is 0 Å². The zero-order chi connectivity index (χ0) is 5.98. The van der Waals surface area contributed by atoms with Crippen LogP contribution in [-0.4, -0.2) is 5.91 Å². The van der Waals surface area contributed by atoms with Crippen molar-refractivity contribution in [1.29, 1.82) is 0 Å². The fourth-order valence-electron chi connectivity index (χ4n) is 0.471. The van der Waals surface area contributed by atoms with Gasteiger partial charge in [0.05, 0.1) is 0 Å². The smallest absolute Gasteiger partial charge is 0.267 e. The Labute approximate surface area is 47.9 Å². The van der Waals surface area contributed by atoms with E-state index in [9.17, 15) is 4.79 Å². The van der Waals surface area contributed by atoms with Gasteiger partial charge in [0.15, 0.2) is 0 Å². The molecular weight excluding hydrogens is 102 g/mol. The minimum atomic E-state index is -0.132. The monoisotopic (exact) mass is 108 g/mol. The fourth-order valence-corrected chi connectivity index (χ4v) is 0.471. The first-order valence-electron chi connectivity index (χ1n) is 2.39. The van der Waals surface area contributed by atoms with Crippen molar-refractivity contribution in [2.45, 2.75) is 6.92 Å². The number of amides is 1. The van der Waals surface area contributed by atoms with Gasteiger partial charge >= 0.3 is 0 Å². The molecule has 0 unspecified atom stereocenters. The summed E-state index contributed by atoms with van der Waals surface area (Å²) in [5.74, 6) is -0.132. The molecule has 1 heterocycles. The summed E-state index contributed by atoms with van der Waals surface area (Å²) < 4.78 is 0. The molecule has 1 amide bonds. The van der Waals surface area contributed by atoms with Crippen molar-refractivity contribution >= 4 is 5.91 Å². The molecular formula is C6H6NO. The maximum Gasteiger partial charge on any atom is 0.272 e. The van der Waals surface area contributed by atoms with Crippen molar-refractivity contribution in [3.63, 3.8) is 0 Å². The van der Waals surface area contributed by atoms with Gasteiger partial charge in [-0.1, -0.05) is 6.08 Å². The van der Waals surface area contributed by atoms with Gasteiger partial charge in [-0.3, -0.25) is 4.79 Å². The first-order valence-corrected chi connectivity index (χ1v) is 2.39. The lowest BCUT2D eigenvalue weighted by atomic mass is 10.2. The molecule has 0 saturated heterocycles. The van der Waals surface area contributed by atoms with Gasteiger partial charge in [0.25, 0.3) is 5.91 Å². The van der Waals surface area contributed by atoms with E-state index in [1.165, 1.54) is 6.20 Å². The van der Waals surface area contributed by atoms with Crippen molar-refractivity contribution in [3.05, 3.63) is 23.9 Å². The Morgan fingerprint density at radius 1 is 1.62 bits per heavy atom. The molecule has 0 fully saturated rings. The summed E-state index contributed by atoms with van der Waals surface area (Å²) in [5.41, 5.74) is 0.701. The molecule has 2 heteroatoms. The minimum absolute atomic E-state index is 0.132. The van der Waals surface area contributed by atoms with Crippen molar-refractivity contribution in [1.82, 2.24) is 5.32 Å². The molecule has 1 radical (unpaired) electrons. The Morgan fingerprint density at radius 3 is 2.75 bits per heavy atom. The maximum absolute atomic E-state index is 10.5. The molecule has 0 bridgehead atoms. The van der Waals surface area contributed by atoms with Crippen LogP contribution in [0.1, 0.15) is 6.92 Å². The van der Waals surface area contributed by atoms with E-state index in [0.717, 1.165) is 0 Å². The highest BCUT2D eigenvalue weighted by Crippen LogP contribution is 1.97. The van der Waals surface area contributed by atoms with Crippen LogP contribution in [0.15, 0.2) is 23.9 Å². The van der Waals surface area contributed by atoms with Crippen molar-refractivity contribution in [3.8, 4) is 0 Å². The van der Waals surface area contributed by atoms with Gasteiger partial charge in [-0.2, -0.15) is 0 Å². The summed E-state index contributed by atoms with van der Waals surface area (Å²) in [6.45, 7) is 1.75. The van der Waals surface area contributed by atoms with Crippen LogP contribution in [0.5, 0.6) is 0 Å². The third kappa shape index (κ3) is 0.780. The molecule has 0 aromatic carbocycles. The van der Waals surface area contributed by atoms with Crippen molar-refractivity contribution in [2.24, 2.45) is 0 Å². The largest absolute Gasteiger partial charge is 0.272 e. The van der Waals surface area contributed by atoms with Crippen LogP contribution in [0.3, 0.4) is 0 Å². The van der Waals surface area contributed by atoms with Crippen LogP contribution < -0.4 is 5.32 Å². The molecule has 1 aliphatic heterocycles. The number of hydrogen-bond acceptors (Lipinski definition) is 1. The van der Waals surface area contributed by atoms with E-state index in [1.54, 1.807) is 19.1 Å². The van der Waals surface area contributed by atoms with E-state index in [2.05, 4.69) is 5.32 Å². The van der Waals surface area contributed by atoms with E-state index in [4.69, 9.17) is 0 Å². The van der Waals surface area contributed by atoms with Gasteiger partial charge in [0.2, 0.25) is 0 Å². The fraction of sp³-hybridized carbons (Fsp3) is 0.167. The Morgan fingerprint density at radius 2 is 2.38 bits per heavy atom. The molecule has 0 atom stereocenters. The zero-order valence-electron chi connectivity index (χ0n) is 4.59. The Balaban J connectivity index is 2.80. The summed E-state index contributed by atoms with van der Waals surface area (Å²) in [7, 11) is 0. The summed E-state index contributed by atoms with van der Waals surface area (Å²) in [5, 5.41) is 3.52. The number of rotatable bonds is 0. The van der Waals surface area contributed by atoms with Crippen molar-refractivity contribution in [2.75, 3.05) is 0 Å². The highest BCUT2D eigenvalue weighted by Gasteiger charge is 2.03. The van der Waals surface area contributed by atoms with Gasteiger partial charge in [0, 0.05) is 11.8 Å². The lowest BCUT2D eigenvalue weighted by Crippen LogP contribution is -2.12. The lowest BCUT2D eigenvalue weighted by Gasteiger charge is -1.98. The number of carbonyl (C=O) groups excluding carboxylic acids is 1. The normalized spacial score (nSPS) is 17.6. The van der Waals surface area contributed by atoms with Crippen LogP contribution in [0, 0.1) is 0 Å². The van der Waals surface area contributed by atoms with Crippen LogP contribution in [-0.2, 0) is 4.79 Å². The predicted molar refractivity (Wildman–Crippen MR) is 30.0 cm³/mol. The molecule has 0 N–H and O–H groups in total. The molecule has 8 heavy (non-hydrogen) atoms. The van der Waals surface area contributed by atoms with Gasteiger partial charge in [-0.25, -0.2) is 5.32 Å². The summed E-state index contributed by atoms with van der Waals surface area (Å²) >= 11 is 0. The molecule has 0 saturated carbocycles. The van der Waals surface area contributed by atoms with Crippen LogP contribution in [0.25, 0.3) is 0 Å². The van der Waals surface area contributed by atoms with Gasteiger partial charge < -0.3 is 0 Å². The molecule has 41 valence electrons. The molecule has 0 aromatic rings. The second-order valence-electron chi connectivity index (χ2n) is 1.63. The molecule has 0 spiro atoms. The second kappa shape index (κ2) is 1.82. The topological polar surface area (TPSA) is 31.2 Å². The maximum atomic E-state index is 10.5. The highest BCUT2D eigenvalue weighted by atomic mass is 16.1. The molecule has 1 rings (SSSR count). The quantitative estimate of drug-likeness (QED) is 0.447. The number of hydrogen-bond donors (Lipinski definition) is 0. The Bertz CT molecular complexity index is 167. The molecule has 0 aliphatic carbocycles. The molecule has 1 aliphatic rings. The standard InChI is InChI=1S/C6H6NO/c1-5-3-2-4-7-6(5)8/h2-4H,1H3. The van der Waals surface area contributed by atoms with E-state index in [0.29, 0.717) is 5.57 Å². The average Bonchev–Trinajstić information content (AvgIpc) is 1.77. The number of nitrogens with zero attached hydrogens (tertiary/aromatic N) is 1. The van der Waals surface area contributed by atoms with Gasteiger partial charge in [-0.05, 0) is 13.0 Å². The summed E-state index contributed by atoms with van der Waals surface area (Å²) in [6.07, 6.45) is 4.99. The number of allylic oxidation sites excluding steroid dienone is 2. The third-order valence-corrected chi connectivity index (χ3v) is 0.961. The zero-order valence-corrected chi connectivity index (χ0v) is 4.59. The first-order chi connectivity index (χ1) is 3.80. The van der Waals surface area contributed by atoms with E-state index < -0.39 is 0 Å². The van der Waals surface area contributed by atoms with E-state index >= 15 is 0 Å². The Kier molecular flexibility index (Phi) is 1.16. The highest BCUT2D eigenvalue weighted by molar-refractivity contribution is 5.94. The molecule has 2 nitrogen and oxygen atoms in total. The summed E-state index contributed by atoms with van der Waals surface area (Å²) in [4.78, 5) is 10.5. The number of carbonyl (C=O) groups is 1. The predicted octanol–water partition coefficient (Wildman–Crippen LogP) is 0.591. The average molecular weight is 108 g/mol. The SMILES string of the molecule is CC1=CC=C[N]C1=O. The van der Waals surface area contributed by atoms with E-state index in [-0.39, 0.29) is 5.91 Å². The lowest BCUT2D eigenvalue weighted by molar-refractivity contribution is -0.116. The van der Waals surface area contributed by atoms with Gasteiger partial charge in [0.1, 0.15) is 0 Å².